The van der Waals surface area contributed by atoms with E-state index in [9.17, 15) is 5.11 Å². The Labute approximate surface area is 98.7 Å². The maximum atomic E-state index is 9.27. The zero-order chi connectivity index (χ0) is 5.61. The van der Waals surface area contributed by atoms with Crippen LogP contribution in [-0.4, -0.2) is 64.2 Å². The Morgan fingerprint density at radius 2 is 2.22 bits per heavy atom. The smallest absolute Gasteiger partial charge is 0.145 e. The SMILES string of the molecule is OC12C=CC=CC1S2.[Ba]. The van der Waals surface area contributed by atoms with Crippen molar-refractivity contribution in [2.24, 2.45) is 0 Å². The van der Waals surface area contributed by atoms with Gasteiger partial charge in [-0.25, -0.2) is 0 Å². The number of rotatable bonds is 0. The van der Waals surface area contributed by atoms with Gasteiger partial charge in [-0.1, -0.05) is 18.2 Å². The molecule has 0 bridgehead atoms. The largest absolute Gasteiger partial charge is 0.374 e. The number of thioether (sulfide) groups is 1. The normalized spacial score (nSPS) is 43.4. The molecule has 2 radical (unpaired) electrons. The summed E-state index contributed by atoms with van der Waals surface area (Å²) in [6, 6.07) is 0. The molecule has 2 atom stereocenters. The fourth-order valence-corrected chi connectivity index (χ4v) is 1.66. The van der Waals surface area contributed by atoms with Crippen molar-refractivity contribution in [3.63, 3.8) is 0 Å². The molecule has 0 amide bonds. The van der Waals surface area contributed by atoms with E-state index in [2.05, 4.69) is 0 Å². The second kappa shape index (κ2) is 2.77. The van der Waals surface area contributed by atoms with Crippen molar-refractivity contribution >= 4 is 60.6 Å². The third-order valence-corrected chi connectivity index (χ3v) is 2.68. The summed E-state index contributed by atoms with van der Waals surface area (Å²) in [5.74, 6) is 0. The number of hydrogen-bond acceptors (Lipinski definition) is 2. The van der Waals surface area contributed by atoms with Crippen LogP contribution in [-0.2, 0) is 0 Å². The number of aliphatic hydroxyl groups is 1. The minimum atomic E-state index is -0.505. The summed E-state index contributed by atoms with van der Waals surface area (Å²) in [5, 5.41) is 9.63. The van der Waals surface area contributed by atoms with E-state index in [1.165, 1.54) is 0 Å². The van der Waals surface area contributed by atoms with Crippen LogP contribution in [0.5, 0.6) is 0 Å². The Bertz CT molecular complexity index is 178. The van der Waals surface area contributed by atoms with Gasteiger partial charge in [0.15, 0.2) is 0 Å². The van der Waals surface area contributed by atoms with Crippen LogP contribution in [0.4, 0.5) is 0 Å². The van der Waals surface area contributed by atoms with E-state index < -0.39 is 4.93 Å². The third-order valence-electron chi connectivity index (χ3n) is 1.40. The van der Waals surface area contributed by atoms with E-state index in [-0.39, 0.29) is 48.9 Å². The van der Waals surface area contributed by atoms with Gasteiger partial charge in [-0.3, -0.25) is 0 Å². The second-order valence-electron chi connectivity index (χ2n) is 2.03. The summed E-state index contributed by atoms with van der Waals surface area (Å²) in [7, 11) is 0. The van der Waals surface area contributed by atoms with Gasteiger partial charge in [-0.2, -0.15) is 0 Å². The van der Waals surface area contributed by atoms with E-state index in [1.807, 2.05) is 24.3 Å². The predicted molar refractivity (Wildman–Crippen MR) is 40.4 cm³/mol. The Kier molecular flexibility index (Phi) is 2.61. The van der Waals surface area contributed by atoms with E-state index in [1.54, 1.807) is 11.8 Å². The Balaban J connectivity index is 0.000000405. The van der Waals surface area contributed by atoms with Gasteiger partial charge >= 0.3 is 0 Å². The third kappa shape index (κ3) is 1.50. The van der Waals surface area contributed by atoms with E-state index in [0.717, 1.165) is 0 Å². The molecule has 0 aromatic rings. The summed E-state index contributed by atoms with van der Waals surface area (Å²) in [6.07, 6.45) is 7.71. The van der Waals surface area contributed by atoms with Gasteiger partial charge in [0.25, 0.3) is 0 Å². The quantitative estimate of drug-likeness (QED) is 0.508. The molecule has 1 aliphatic heterocycles. The molecule has 0 aromatic heterocycles. The minimum absolute atomic E-state index is 0. The van der Waals surface area contributed by atoms with Gasteiger partial charge < -0.3 is 5.11 Å². The molecule has 1 N–H and O–H groups in total. The average Bonchev–Trinajstić information content (AvgIpc) is 2.39. The van der Waals surface area contributed by atoms with Crippen LogP contribution in [0.1, 0.15) is 0 Å². The summed E-state index contributed by atoms with van der Waals surface area (Å²) < 4.78 is 0. The first kappa shape index (κ1) is 8.46. The van der Waals surface area contributed by atoms with Crippen molar-refractivity contribution in [3.05, 3.63) is 24.3 Å². The van der Waals surface area contributed by atoms with Gasteiger partial charge in [-0.05, 0) is 6.08 Å². The first-order valence-electron chi connectivity index (χ1n) is 2.57. The fourth-order valence-electron chi connectivity index (χ4n) is 0.839. The van der Waals surface area contributed by atoms with E-state index in [0.29, 0.717) is 5.25 Å². The second-order valence-corrected chi connectivity index (χ2v) is 3.43. The molecule has 1 fully saturated rings. The maximum Gasteiger partial charge on any atom is 0.145 e. The van der Waals surface area contributed by atoms with Crippen LogP contribution >= 0.6 is 11.8 Å². The van der Waals surface area contributed by atoms with Crippen molar-refractivity contribution in [1.29, 1.82) is 0 Å². The van der Waals surface area contributed by atoms with Gasteiger partial charge in [0.05, 0.1) is 5.25 Å². The molecular weight excluding hydrogens is 257 g/mol. The monoisotopic (exact) mass is 264 g/mol. The average molecular weight is 264 g/mol. The first-order chi connectivity index (χ1) is 3.81. The zero-order valence-electron chi connectivity index (χ0n) is 4.95. The predicted octanol–water partition coefficient (Wildman–Crippen LogP) is 0.536. The van der Waals surface area contributed by atoms with Gasteiger partial charge in [0, 0.05) is 48.9 Å². The molecule has 1 saturated heterocycles. The van der Waals surface area contributed by atoms with E-state index in [4.69, 9.17) is 0 Å². The van der Waals surface area contributed by atoms with Crippen LogP contribution < -0.4 is 0 Å². The van der Waals surface area contributed by atoms with Crippen molar-refractivity contribution in [3.8, 4) is 0 Å². The van der Waals surface area contributed by atoms with Crippen molar-refractivity contribution in [2.75, 3.05) is 0 Å². The molecule has 2 aliphatic rings. The summed E-state index contributed by atoms with van der Waals surface area (Å²) >= 11 is 1.58. The van der Waals surface area contributed by atoms with Crippen LogP contribution in [0.15, 0.2) is 24.3 Å². The van der Waals surface area contributed by atoms with Crippen molar-refractivity contribution in [2.45, 2.75) is 10.2 Å². The van der Waals surface area contributed by atoms with Crippen molar-refractivity contribution in [1.82, 2.24) is 0 Å². The zero-order valence-corrected chi connectivity index (χ0v) is 10.2. The van der Waals surface area contributed by atoms with Gasteiger partial charge in [0.1, 0.15) is 4.93 Å². The molecular formula is C6H6BaOS. The standard InChI is InChI=1S/C6H6OS.Ba/c7-6-4-2-1-3-5(6)8-6;/h1-5,7H;. The van der Waals surface area contributed by atoms with Crippen LogP contribution in [0.25, 0.3) is 0 Å². The molecule has 2 unspecified atom stereocenters. The summed E-state index contributed by atoms with van der Waals surface area (Å²) in [4.78, 5) is -0.505. The fraction of sp³-hybridized carbons (Fsp3) is 0.333. The number of fused-ring (bicyclic) bond motifs is 1. The topological polar surface area (TPSA) is 20.2 Å². The molecule has 0 saturated carbocycles. The Hall–Kier alpha value is 1.36. The summed E-state index contributed by atoms with van der Waals surface area (Å²) in [6.45, 7) is 0. The van der Waals surface area contributed by atoms with Crippen molar-refractivity contribution < 1.29 is 5.11 Å². The molecule has 2 rings (SSSR count). The maximum absolute atomic E-state index is 9.27. The molecule has 1 aliphatic carbocycles. The van der Waals surface area contributed by atoms with Gasteiger partial charge in [0.2, 0.25) is 0 Å². The van der Waals surface area contributed by atoms with E-state index >= 15 is 0 Å². The molecule has 44 valence electrons. The molecule has 0 aromatic carbocycles. The number of allylic oxidation sites excluding steroid dienone is 2. The molecule has 1 heterocycles. The van der Waals surface area contributed by atoms with Gasteiger partial charge in [-0.15, -0.1) is 11.8 Å². The van der Waals surface area contributed by atoms with Crippen LogP contribution in [0.3, 0.4) is 0 Å². The van der Waals surface area contributed by atoms with Crippen LogP contribution in [0, 0.1) is 0 Å². The molecule has 3 heteroatoms. The Morgan fingerprint density at radius 3 is 2.67 bits per heavy atom. The first-order valence-corrected chi connectivity index (χ1v) is 3.45. The molecule has 0 spiro atoms. The number of hydrogen-bond donors (Lipinski definition) is 1. The molecule has 1 nitrogen and oxygen atoms in total. The summed E-state index contributed by atoms with van der Waals surface area (Å²) in [5.41, 5.74) is 0. The molecule has 9 heavy (non-hydrogen) atoms. The minimum Gasteiger partial charge on any atom is -0.374 e. The van der Waals surface area contributed by atoms with Crippen LogP contribution in [0.2, 0.25) is 0 Å². The Morgan fingerprint density at radius 1 is 1.44 bits per heavy atom.